The van der Waals surface area contributed by atoms with Crippen molar-refractivity contribution >= 4 is 39.2 Å². The molecule has 4 rings (SSSR count). The van der Waals surface area contributed by atoms with E-state index in [9.17, 15) is 14.7 Å². The molecule has 0 spiro atoms. The Balaban J connectivity index is 1.50. The number of phenolic OH excluding ortho intramolecular Hbond substituents is 1. The van der Waals surface area contributed by atoms with Gasteiger partial charge in [-0.2, -0.15) is 0 Å². The second-order valence-electron chi connectivity index (χ2n) is 8.63. The summed E-state index contributed by atoms with van der Waals surface area (Å²) in [5.41, 5.74) is 3.23. The van der Waals surface area contributed by atoms with Crippen molar-refractivity contribution in [1.29, 1.82) is 0 Å². The lowest BCUT2D eigenvalue weighted by atomic mass is 10.0. The molecule has 0 aliphatic carbocycles. The van der Waals surface area contributed by atoms with E-state index in [0.29, 0.717) is 24.3 Å². The number of carbonyl (C=O) groups is 2. The van der Waals surface area contributed by atoms with Gasteiger partial charge in [0.15, 0.2) is 0 Å². The van der Waals surface area contributed by atoms with Gasteiger partial charge in [0.1, 0.15) is 11.8 Å². The van der Waals surface area contributed by atoms with Crippen molar-refractivity contribution in [3.63, 3.8) is 0 Å². The first-order chi connectivity index (χ1) is 15.8. The van der Waals surface area contributed by atoms with E-state index in [1.54, 1.807) is 25.3 Å². The molecule has 0 bridgehead atoms. The Morgan fingerprint density at radius 2 is 1.76 bits per heavy atom. The summed E-state index contributed by atoms with van der Waals surface area (Å²) in [6.45, 7) is 2.16. The molecule has 2 atom stereocenters. The normalized spacial score (nSPS) is 20.8. The van der Waals surface area contributed by atoms with Crippen LogP contribution in [0.1, 0.15) is 17.5 Å². The van der Waals surface area contributed by atoms with Crippen LogP contribution < -0.4 is 10.6 Å². The fourth-order valence-corrected chi connectivity index (χ4v) is 4.63. The summed E-state index contributed by atoms with van der Waals surface area (Å²) in [5.74, 6) is -0.305. The number of fused-ring (bicyclic) bond motifs is 1. The zero-order valence-corrected chi connectivity index (χ0v) is 20.4. The van der Waals surface area contributed by atoms with Crippen LogP contribution in [-0.2, 0) is 22.4 Å². The summed E-state index contributed by atoms with van der Waals surface area (Å²) >= 11 is 3.38. The summed E-state index contributed by atoms with van der Waals surface area (Å²) in [7, 11) is 3.65. The van der Waals surface area contributed by atoms with Gasteiger partial charge in [-0.25, -0.2) is 4.79 Å². The highest BCUT2D eigenvalue weighted by atomic mass is 79.9. The van der Waals surface area contributed by atoms with Gasteiger partial charge in [0.2, 0.25) is 5.91 Å². The number of halogens is 1. The number of benzene rings is 2. The maximum Gasteiger partial charge on any atom is 0.322 e. The van der Waals surface area contributed by atoms with E-state index in [1.807, 2.05) is 18.2 Å². The third-order valence-corrected chi connectivity index (χ3v) is 6.89. The molecule has 0 radical (unpaired) electrons. The Hall–Kier alpha value is -2.62. The first kappa shape index (κ1) is 23.5. The van der Waals surface area contributed by atoms with E-state index >= 15 is 0 Å². The highest BCUT2D eigenvalue weighted by Gasteiger charge is 2.40. The Labute approximate surface area is 202 Å². The topological polar surface area (TPSA) is 94.1 Å². The lowest BCUT2D eigenvalue weighted by molar-refractivity contribution is -0.119. The third kappa shape index (κ3) is 5.48. The fourth-order valence-electron chi connectivity index (χ4n) is 4.36. The zero-order chi connectivity index (χ0) is 23.5. The summed E-state index contributed by atoms with van der Waals surface area (Å²) in [6.07, 6.45) is 1.85. The number of hydrogen-bond donors (Lipinski definition) is 3. The number of rotatable bonds is 4. The van der Waals surface area contributed by atoms with E-state index in [4.69, 9.17) is 4.74 Å². The largest absolute Gasteiger partial charge is 0.506 e. The maximum absolute atomic E-state index is 13.2. The lowest BCUT2D eigenvalue weighted by Crippen LogP contribution is -2.45. The standard InChI is InChI=1S/C24H29BrN4O4/c1-28-9-7-15-11-20(22(30)12-16(15)8-10-28)27-23(31)21-13-19(33-2)14-29(21)24(32)26-18-5-3-17(25)4-6-18/h3-6,11-12,19,21,30H,7-10,13-14H2,1-2H3,(H,26,32)(H,27,31). The Kier molecular flexibility index (Phi) is 7.21. The molecular weight excluding hydrogens is 488 g/mol. The van der Waals surface area contributed by atoms with Gasteiger partial charge in [-0.1, -0.05) is 15.9 Å². The summed E-state index contributed by atoms with van der Waals surface area (Å²) in [5, 5.41) is 16.2. The first-order valence-corrected chi connectivity index (χ1v) is 11.8. The molecule has 176 valence electrons. The van der Waals surface area contributed by atoms with Crippen LogP contribution in [0.25, 0.3) is 0 Å². The van der Waals surface area contributed by atoms with E-state index in [1.165, 1.54) is 4.90 Å². The van der Waals surface area contributed by atoms with E-state index in [2.05, 4.69) is 38.5 Å². The Morgan fingerprint density at radius 3 is 2.42 bits per heavy atom. The molecule has 0 saturated carbocycles. The first-order valence-electron chi connectivity index (χ1n) is 11.0. The van der Waals surface area contributed by atoms with Gasteiger partial charge < -0.3 is 30.3 Å². The number of urea groups is 1. The highest BCUT2D eigenvalue weighted by molar-refractivity contribution is 9.10. The third-order valence-electron chi connectivity index (χ3n) is 6.36. The molecule has 2 aliphatic heterocycles. The number of ether oxygens (including phenoxy) is 1. The average Bonchev–Trinajstić information content (AvgIpc) is 3.16. The molecule has 2 aromatic carbocycles. The Morgan fingerprint density at radius 1 is 1.09 bits per heavy atom. The number of nitrogens with zero attached hydrogens (tertiary/aromatic N) is 2. The van der Waals surface area contributed by atoms with Crippen molar-refractivity contribution in [3.05, 3.63) is 52.0 Å². The second-order valence-corrected chi connectivity index (χ2v) is 9.54. The molecule has 0 aromatic heterocycles. The quantitative estimate of drug-likeness (QED) is 0.541. The summed E-state index contributed by atoms with van der Waals surface area (Å²) in [6, 6.07) is 9.76. The average molecular weight is 517 g/mol. The number of likely N-dealkylation sites (N-methyl/N-ethyl adjacent to an activating group) is 1. The van der Waals surface area contributed by atoms with Crippen LogP contribution in [0.15, 0.2) is 40.9 Å². The van der Waals surface area contributed by atoms with Crippen LogP contribution in [0.5, 0.6) is 5.75 Å². The van der Waals surface area contributed by atoms with Crippen LogP contribution in [0.3, 0.4) is 0 Å². The number of likely N-dealkylation sites (tertiary alicyclic amines) is 1. The number of carbonyl (C=O) groups excluding carboxylic acids is 2. The smallest absolute Gasteiger partial charge is 0.322 e. The van der Waals surface area contributed by atoms with Gasteiger partial charge in [0, 0.05) is 43.3 Å². The minimum Gasteiger partial charge on any atom is -0.506 e. The number of phenols is 1. The van der Waals surface area contributed by atoms with Gasteiger partial charge in [-0.3, -0.25) is 4.79 Å². The van der Waals surface area contributed by atoms with Gasteiger partial charge in [-0.05, 0) is 67.4 Å². The molecule has 2 heterocycles. The van der Waals surface area contributed by atoms with Crippen molar-refractivity contribution < 1.29 is 19.4 Å². The molecule has 2 aromatic rings. The molecular formula is C24H29BrN4O4. The summed E-state index contributed by atoms with van der Waals surface area (Å²) in [4.78, 5) is 29.9. The molecule has 9 heteroatoms. The molecule has 3 amide bonds. The molecule has 1 saturated heterocycles. The number of amides is 3. The number of anilines is 2. The molecule has 8 nitrogen and oxygen atoms in total. The maximum atomic E-state index is 13.2. The van der Waals surface area contributed by atoms with Gasteiger partial charge in [0.25, 0.3) is 0 Å². The molecule has 1 fully saturated rings. The number of hydrogen-bond acceptors (Lipinski definition) is 5. The highest BCUT2D eigenvalue weighted by Crippen LogP contribution is 2.31. The van der Waals surface area contributed by atoms with Crippen molar-refractivity contribution in [1.82, 2.24) is 9.80 Å². The van der Waals surface area contributed by atoms with E-state index in [-0.39, 0.29) is 23.8 Å². The fraction of sp³-hybridized carbons (Fsp3) is 0.417. The second kappa shape index (κ2) is 10.1. The molecule has 2 unspecified atom stereocenters. The zero-order valence-electron chi connectivity index (χ0n) is 18.8. The lowest BCUT2D eigenvalue weighted by Gasteiger charge is -2.24. The monoisotopic (exact) mass is 516 g/mol. The van der Waals surface area contributed by atoms with Crippen LogP contribution >= 0.6 is 15.9 Å². The van der Waals surface area contributed by atoms with Gasteiger partial charge in [-0.15, -0.1) is 0 Å². The van der Waals surface area contributed by atoms with Crippen LogP contribution in [0.2, 0.25) is 0 Å². The predicted molar refractivity (Wildman–Crippen MR) is 131 cm³/mol. The van der Waals surface area contributed by atoms with Gasteiger partial charge >= 0.3 is 6.03 Å². The van der Waals surface area contributed by atoms with Crippen LogP contribution in [-0.4, -0.2) is 72.8 Å². The van der Waals surface area contributed by atoms with Crippen molar-refractivity contribution in [3.8, 4) is 5.75 Å². The van der Waals surface area contributed by atoms with E-state index in [0.717, 1.165) is 41.5 Å². The summed E-state index contributed by atoms with van der Waals surface area (Å²) < 4.78 is 6.36. The van der Waals surface area contributed by atoms with Crippen LogP contribution in [0.4, 0.5) is 16.2 Å². The van der Waals surface area contributed by atoms with Crippen molar-refractivity contribution in [2.24, 2.45) is 0 Å². The van der Waals surface area contributed by atoms with Crippen LogP contribution in [0, 0.1) is 0 Å². The SMILES string of the molecule is COC1CC(C(=O)Nc2cc3c(cc2O)CCN(C)CC3)N(C(=O)Nc2ccc(Br)cc2)C1. The van der Waals surface area contributed by atoms with E-state index < -0.39 is 6.04 Å². The predicted octanol–water partition coefficient (Wildman–Crippen LogP) is 3.45. The van der Waals surface area contributed by atoms with Crippen molar-refractivity contribution in [2.75, 3.05) is 44.4 Å². The minimum absolute atomic E-state index is 0.0406. The van der Waals surface area contributed by atoms with Gasteiger partial charge in [0.05, 0.1) is 11.8 Å². The Bertz CT molecular complexity index is 1030. The minimum atomic E-state index is -0.713. The molecule has 3 N–H and O–H groups in total. The number of aromatic hydroxyl groups is 1. The number of nitrogens with one attached hydrogen (secondary N) is 2. The van der Waals surface area contributed by atoms with Crippen molar-refractivity contribution in [2.45, 2.75) is 31.4 Å². The molecule has 33 heavy (non-hydrogen) atoms. The molecule has 2 aliphatic rings. The number of methoxy groups -OCH3 is 1.